The molecule has 0 aliphatic carbocycles. The Morgan fingerprint density at radius 1 is 1.38 bits per heavy atom. The largest absolute Gasteiger partial charge is 0.268 e. The molecular weight excluding hydrogens is 160 g/mol. The molecule has 0 atom stereocenters. The summed E-state index contributed by atoms with van der Waals surface area (Å²) in [7, 11) is 2.00. The molecule has 0 radical (unpaired) electrons. The number of nitrogens with zero attached hydrogens (tertiary/aromatic N) is 2. The molecule has 0 amide bonds. The molecule has 0 saturated carbocycles. The average Bonchev–Trinajstić information content (AvgIpc) is 2.49. The highest BCUT2D eigenvalue weighted by atomic mass is 15.2. The van der Waals surface area contributed by atoms with Crippen molar-refractivity contribution in [1.82, 2.24) is 9.78 Å². The number of hydrogen-bond acceptors (Lipinski definition) is 1. The third-order valence-corrected chi connectivity index (χ3v) is 2.60. The van der Waals surface area contributed by atoms with Crippen molar-refractivity contribution in [2.75, 3.05) is 0 Å². The number of aromatic nitrogens is 2. The zero-order valence-corrected chi connectivity index (χ0v) is 8.33. The quantitative estimate of drug-likeness (QED) is 0.649. The van der Waals surface area contributed by atoms with Crippen LogP contribution in [0, 0.1) is 6.92 Å². The summed E-state index contributed by atoms with van der Waals surface area (Å²) in [6, 6.07) is 4.31. The van der Waals surface area contributed by atoms with Gasteiger partial charge in [-0.15, -0.1) is 0 Å². The summed E-state index contributed by atoms with van der Waals surface area (Å²) in [6.07, 6.45) is 3.00. The van der Waals surface area contributed by atoms with Crippen LogP contribution in [0.4, 0.5) is 0 Å². The first-order valence-electron chi connectivity index (χ1n) is 4.64. The number of rotatable bonds is 1. The minimum atomic E-state index is 1.07. The Balaban J connectivity index is 2.88. The zero-order valence-electron chi connectivity index (χ0n) is 8.33. The molecule has 68 valence electrons. The lowest BCUT2D eigenvalue weighted by molar-refractivity contribution is 0.791. The Labute approximate surface area is 78.2 Å². The van der Waals surface area contributed by atoms with Crippen molar-refractivity contribution in [3.63, 3.8) is 0 Å². The highest BCUT2D eigenvalue weighted by Gasteiger charge is 2.06. The molecule has 0 aliphatic rings. The van der Waals surface area contributed by atoms with Gasteiger partial charge in [0.15, 0.2) is 0 Å². The lowest BCUT2D eigenvalue weighted by Gasteiger charge is -2.05. The van der Waals surface area contributed by atoms with Gasteiger partial charge in [0.1, 0.15) is 0 Å². The zero-order chi connectivity index (χ0) is 9.42. The summed E-state index contributed by atoms with van der Waals surface area (Å²) < 4.78 is 1.96. The molecule has 0 aliphatic heterocycles. The molecule has 0 saturated heterocycles. The third-order valence-electron chi connectivity index (χ3n) is 2.60. The van der Waals surface area contributed by atoms with Gasteiger partial charge < -0.3 is 0 Å². The first-order valence-corrected chi connectivity index (χ1v) is 4.64. The number of benzene rings is 1. The first-order chi connectivity index (χ1) is 6.24. The fraction of sp³-hybridized carbons (Fsp3) is 0.364. The molecule has 1 aromatic carbocycles. The summed E-state index contributed by atoms with van der Waals surface area (Å²) in [4.78, 5) is 0. The Hall–Kier alpha value is -1.31. The van der Waals surface area contributed by atoms with Crippen LogP contribution >= 0.6 is 0 Å². The van der Waals surface area contributed by atoms with Crippen LogP contribution in [-0.4, -0.2) is 9.78 Å². The highest BCUT2D eigenvalue weighted by molar-refractivity contribution is 5.83. The predicted molar refractivity (Wildman–Crippen MR) is 54.8 cm³/mol. The molecule has 0 fully saturated rings. The molecule has 2 rings (SSSR count). The summed E-state index contributed by atoms with van der Waals surface area (Å²) in [5.74, 6) is 0. The van der Waals surface area contributed by atoms with Gasteiger partial charge in [-0.2, -0.15) is 5.10 Å². The Morgan fingerprint density at radius 3 is 2.85 bits per heavy atom. The lowest BCUT2D eigenvalue weighted by Crippen LogP contribution is -1.95. The summed E-state index contributed by atoms with van der Waals surface area (Å²) in [5.41, 5.74) is 4.05. The van der Waals surface area contributed by atoms with Crippen LogP contribution in [0.1, 0.15) is 18.1 Å². The molecule has 13 heavy (non-hydrogen) atoms. The van der Waals surface area contributed by atoms with Gasteiger partial charge in [-0.3, -0.25) is 4.68 Å². The molecule has 2 nitrogen and oxygen atoms in total. The van der Waals surface area contributed by atoms with E-state index in [1.165, 1.54) is 22.0 Å². The van der Waals surface area contributed by atoms with Crippen LogP contribution in [0.2, 0.25) is 0 Å². The highest BCUT2D eigenvalue weighted by Crippen LogP contribution is 2.21. The van der Waals surface area contributed by atoms with Crippen molar-refractivity contribution >= 4 is 10.9 Å². The van der Waals surface area contributed by atoms with E-state index >= 15 is 0 Å². The second-order valence-corrected chi connectivity index (χ2v) is 3.42. The van der Waals surface area contributed by atoms with E-state index in [4.69, 9.17) is 0 Å². The maximum atomic E-state index is 4.26. The average molecular weight is 174 g/mol. The fourth-order valence-corrected chi connectivity index (χ4v) is 1.89. The molecule has 0 N–H and O–H groups in total. The van der Waals surface area contributed by atoms with Crippen molar-refractivity contribution in [3.05, 3.63) is 29.5 Å². The monoisotopic (exact) mass is 174 g/mol. The molecule has 1 heterocycles. The summed E-state index contributed by atoms with van der Waals surface area (Å²) >= 11 is 0. The van der Waals surface area contributed by atoms with Crippen LogP contribution in [0.3, 0.4) is 0 Å². The molecule has 1 aromatic heterocycles. The van der Waals surface area contributed by atoms with Gasteiger partial charge in [-0.25, -0.2) is 0 Å². The van der Waals surface area contributed by atoms with Gasteiger partial charge in [-0.05, 0) is 24.5 Å². The minimum absolute atomic E-state index is 1.07. The van der Waals surface area contributed by atoms with Crippen LogP contribution in [0.25, 0.3) is 10.9 Å². The predicted octanol–water partition coefficient (Wildman–Crippen LogP) is 2.44. The Bertz CT molecular complexity index is 441. The van der Waals surface area contributed by atoms with Gasteiger partial charge in [-0.1, -0.05) is 19.1 Å². The van der Waals surface area contributed by atoms with Crippen molar-refractivity contribution in [2.24, 2.45) is 7.05 Å². The summed E-state index contributed by atoms with van der Waals surface area (Å²) in [6.45, 7) is 4.35. The number of fused-ring (bicyclic) bond motifs is 1. The van der Waals surface area contributed by atoms with E-state index in [2.05, 4.69) is 31.1 Å². The van der Waals surface area contributed by atoms with E-state index < -0.39 is 0 Å². The van der Waals surface area contributed by atoms with Crippen LogP contribution in [0.15, 0.2) is 18.3 Å². The maximum absolute atomic E-state index is 4.26. The second kappa shape index (κ2) is 2.87. The molecule has 0 unspecified atom stereocenters. The van der Waals surface area contributed by atoms with Crippen molar-refractivity contribution in [3.8, 4) is 0 Å². The first kappa shape index (κ1) is 8.30. The normalized spacial score (nSPS) is 11.0. The van der Waals surface area contributed by atoms with Crippen LogP contribution < -0.4 is 0 Å². The van der Waals surface area contributed by atoms with Gasteiger partial charge >= 0.3 is 0 Å². The van der Waals surface area contributed by atoms with Gasteiger partial charge in [0, 0.05) is 12.4 Å². The lowest BCUT2D eigenvalue weighted by atomic mass is 10.0. The topological polar surface area (TPSA) is 17.8 Å². The van der Waals surface area contributed by atoms with E-state index in [-0.39, 0.29) is 0 Å². The van der Waals surface area contributed by atoms with Crippen molar-refractivity contribution in [2.45, 2.75) is 20.3 Å². The molecule has 2 heteroatoms. The fourth-order valence-electron chi connectivity index (χ4n) is 1.89. The van der Waals surface area contributed by atoms with Crippen LogP contribution in [0.5, 0.6) is 0 Å². The molecule has 0 spiro atoms. The van der Waals surface area contributed by atoms with Crippen molar-refractivity contribution in [1.29, 1.82) is 0 Å². The Kier molecular flexibility index (Phi) is 1.83. The number of aryl methyl sites for hydroxylation is 3. The van der Waals surface area contributed by atoms with E-state index in [0.29, 0.717) is 0 Å². The Morgan fingerprint density at radius 2 is 2.15 bits per heavy atom. The minimum Gasteiger partial charge on any atom is -0.268 e. The molecular formula is C11H14N2. The number of hydrogen-bond donors (Lipinski definition) is 0. The molecule has 2 aromatic rings. The third kappa shape index (κ3) is 1.13. The smallest absolute Gasteiger partial charge is 0.0713 e. The van der Waals surface area contributed by atoms with E-state index in [1.807, 2.05) is 17.9 Å². The van der Waals surface area contributed by atoms with Gasteiger partial charge in [0.2, 0.25) is 0 Å². The van der Waals surface area contributed by atoms with Crippen LogP contribution in [-0.2, 0) is 13.5 Å². The molecule has 0 bridgehead atoms. The van der Waals surface area contributed by atoms with Gasteiger partial charge in [0.25, 0.3) is 0 Å². The van der Waals surface area contributed by atoms with E-state index in [1.54, 1.807) is 0 Å². The standard InChI is InChI=1S/C11H14N2/c1-4-10-8(2)5-6-9-7-12-13(3)11(9)10/h5-7H,4H2,1-3H3. The van der Waals surface area contributed by atoms with Gasteiger partial charge in [0.05, 0.1) is 11.7 Å². The second-order valence-electron chi connectivity index (χ2n) is 3.42. The maximum Gasteiger partial charge on any atom is 0.0713 e. The van der Waals surface area contributed by atoms with Crippen molar-refractivity contribution < 1.29 is 0 Å². The van der Waals surface area contributed by atoms with E-state index in [0.717, 1.165) is 6.42 Å². The SMILES string of the molecule is CCc1c(C)ccc2cnn(C)c12. The summed E-state index contributed by atoms with van der Waals surface area (Å²) in [5, 5.41) is 5.50. The van der Waals surface area contributed by atoms with E-state index in [9.17, 15) is 0 Å².